The molecule has 0 heterocycles. The smallest absolute Gasteiger partial charge is 0.306 e. The molecule has 0 spiro atoms. The van der Waals surface area contributed by atoms with Crippen LogP contribution in [0.25, 0.3) is 0 Å². The quantitative estimate of drug-likeness (QED) is 0.0195. The summed E-state index contributed by atoms with van der Waals surface area (Å²) in [6, 6.07) is 0. The Labute approximate surface area is 558 Å². The SMILES string of the molecule is CC/C=C\C/C=C\C/C=C\C/C=C\C/C=C\CCCCCCCCCCCCCCCCCC(=O)OC(COC(=O)CCCCCCCCCCCCCCCCCCCCCCCCC/C=C\C/C=C\CCCCCCC)COP(=O)([O-])OCC[N+](C)(C)C. The Morgan fingerprint density at radius 1 is 0.356 bits per heavy atom. The first-order valence-electron chi connectivity index (χ1n) is 38.3. The highest BCUT2D eigenvalue weighted by Gasteiger charge is 2.22. The van der Waals surface area contributed by atoms with Crippen LogP contribution in [0.15, 0.2) is 85.1 Å². The minimum atomic E-state index is -4.65. The number of allylic oxidation sites excluding steroid dienone is 14. The van der Waals surface area contributed by atoms with Crippen LogP contribution in [0.4, 0.5) is 0 Å². The van der Waals surface area contributed by atoms with E-state index in [-0.39, 0.29) is 32.0 Å². The molecule has 9 nitrogen and oxygen atoms in total. The van der Waals surface area contributed by atoms with E-state index in [0.29, 0.717) is 17.4 Å². The fraction of sp³-hybridized carbons (Fsp3) is 0.800. The summed E-state index contributed by atoms with van der Waals surface area (Å²) in [6.07, 6.45) is 96.9. The van der Waals surface area contributed by atoms with E-state index in [0.717, 1.165) is 77.0 Å². The number of quaternary nitrogens is 1. The molecule has 0 aromatic heterocycles. The van der Waals surface area contributed by atoms with Crippen molar-refractivity contribution in [2.45, 2.75) is 367 Å². The fourth-order valence-corrected chi connectivity index (χ4v) is 11.8. The molecule has 0 aliphatic rings. The maximum atomic E-state index is 12.9. The molecule has 2 atom stereocenters. The number of phosphoric acid groups is 1. The molecular formula is C80H146NO8P. The van der Waals surface area contributed by atoms with Crippen molar-refractivity contribution in [3.8, 4) is 0 Å². The molecule has 0 radical (unpaired) electrons. The van der Waals surface area contributed by atoms with E-state index in [1.165, 1.54) is 250 Å². The van der Waals surface area contributed by atoms with Gasteiger partial charge in [-0.3, -0.25) is 14.2 Å². The lowest BCUT2D eigenvalue weighted by Gasteiger charge is -2.28. The third kappa shape index (κ3) is 74.2. The average molecular weight is 1280 g/mol. The summed E-state index contributed by atoms with van der Waals surface area (Å²) in [5.74, 6) is -0.818. The van der Waals surface area contributed by atoms with Crippen LogP contribution in [-0.2, 0) is 32.7 Å². The number of rotatable bonds is 71. The molecule has 524 valence electrons. The van der Waals surface area contributed by atoms with Gasteiger partial charge in [-0.2, -0.15) is 0 Å². The Hall–Kier alpha value is -2.81. The minimum Gasteiger partial charge on any atom is -0.756 e. The zero-order valence-electron chi connectivity index (χ0n) is 59.8. The van der Waals surface area contributed by atoms with Gasteiger partial charge >= 0.3 is 11.9 Å². The number of nitrogens with zero attached hydrogens (tertiary/aromatic N) is 1. The summed E-state index contributed by atoms with van der Waals surface area (Å²) in [7, 11) is 1.18. The average Bonchev–Trinajstić information content (AvgIpc) is 3.58. The van der Waals surface area contributed by atoms with Gasteiger partial charge in [-0.15, -0.1) is 0 Å². The molecule has 0 amide bonds. The number of ether oxygens (including phenoxy) is 2. The van der Waals surface area contributed by atoms with Gasteiger partial charge in [0, 0.05) is 12.8 Å². The van der Waals surface area contributed by atoms with Crippen molar-refractivity contribution in [3.05, 3.63) is 85.1 Å². The lowest BCUT2D eigenvalue weighted by Crippen LogP contribution is -2.37. The van der Waals surface area contributed by atoms with Gasteiger partial charge < -0.3 is 27.9 Å². The number of phosphoric ester groups is 1. The van der Waals surface area contributed by atoms with Crippen molar-refractivity contribution < 1.29 is 42.1 Å². The molecule has 0 aliphatic heterocycles. The van der Waals surface area contributed by atoms with Gasteiger partial charge in [0.2, 0.25) is 0 Å². The lowest BCUT2D eigenvalue weighted by atomic mass is 10.0. The van der Waals surface area contributed by atoms with Gasteiger partial charge in [0.15, 0.2) is 6.10 Å². The molecule has 2 unspecified atom stereocenters. The number of likely N-dealkylation sites (N-methyl/N-ethyl adjacent to an activating group) is 1. The first-order chi connectivity index (χ1) is 44.0. The summed E-state index contributed by atoms with van der Waals surface area (Å²) in [6.45, 7) is 4.17. The van der Waals surface area contributed by atoms with Crippen LogP contribution in [0, 0.1) is 0 Å². The van der Waals surface area contributed by atoms with Crippen LogP contribution in [-0.4, -0.2) is 70.0 Å². The largest absolute Gasteiger partial charge is 0.756 e. The summed E-state index contributed by atoms with van der Waals surface area (Å²) in [5, 5.41) is 0. The van der Waals surface area contributed by atoms with Gasteiger partial charge in [0.05, 0.1) is 27.7 Å². The molecule has 0 aromatic rings. The van der Waals surface area contributed by atoms with Crippen LogP contribution >= 0.6 is 7.82 Å². The summed E-state index contributed by atoms with van der Waals surface area (Å²) in [5.41, 5.74) is 0. The highest BCUT2D eigenvalue weighted by molar-refractivity contribution is 7.45. The normalized spacial score (nSPS) is 13.5. The molecule has 0 saturated carbocycles. The van der Waals surface area contributed by atoms with E-state index < -0.39 is 26.5 Å². The molecular weight excluding hydrogens is 1130 g/mol. The summed E-state index contributed by atoms with van der Waals surface area (Å²) in [4.78, 5) is 38.1. The molecule has 0 aromatic carbocycles. The number of esters is 2. The molecule has 0 saturated heterocycles. The second kappa shape index (κ2) is 70.5. The fourth-order valence-electron chi connectivity index (χ4n) is 11.1. The van der Waals surface area contributed by atoms with Crippen molar-refractivity contribution in [1.82, 2.24) is 0 Å². The summed E-state index contributed by atoms with van der Waals surface area (Å²) >= 11 is 0. The van der Waals surface area contributed by atoms with Gasteiger partial charge in [0.1, 0.15) is 19.8 Å². The highest BCUT2D eigenvalue weighted by Crippen LogP contribution is 2.38. The van der Waals surface area contributed by atoms with Crippen LogP contribution in [0.5, 0.6) is 0 Å². The topological polar surface area (TPSA) is 111 Å². The van der Waals surface area contributed by atoms with Crippen molar-refractivity contribution in [3.63, 3.8) is 0 Å². The molecule has 0 aliphatic carbocycles. The van der Waals surface area contributed by atoms with Crippen molar-refractivity contribution >= 4 is 19.8 Å². The Bertz CT molecular complexity index is 1800. The van der Waals surface area contributed by atoms with Crippen LogP contribution < -0.4 is 4.89 Å². The number of unbranched alkanes of at least 4 members (excludes halogenated alkanes) is 43. The molecule has 0 bridgehead atoms. The van der Waals surface area contributed by atoms with Crippen LogP contribution in [0.3, 0.4) is 0 Å². The van der Waals surface area contributed by atoms with E-state index in [1.807, 2.05) is 21.1 Å². The number of hydrogen-bond donors (Lipinski definition) is 0. The number of carbonyl (C=O) groups is 2. The predicted molar refractivity (Wildman–Crippen MR) is 388 cm³/mol. The van der Waals surface area contributed by atoms with E-state index in [9.17, 15) is 19.0 Å². The highest BCUT2D eigenvalue weighted by atomic mass is 31.2. The standard InChI is InChI=1S/C80H146NO8P/c1-6-8-10-12-14-16-18-20-22-24-26-28-30-32-34-36-38-39-40-41-43-44-46-48-50-52-54-56-58-60-62-64-66-68-70-72-79(82)86-76-78(77-88-90(84,85)87-75-74-81(3,4)5)89-80(83)73-71-69-67-65-63-61-59-57-55-53-51-49-47-45-42-37-35-33-31-29-27-25-23-21-19-17-15-13-11-9-7-2/h9,11,15,17-18,20-21,23-24,26-27,29,33,35,78H,6-8,10,12-14,16,19,22,25,28,30-32,34,36-77H2,1-5H3/b11-9-,17-15-,20-18-,23-21-,26-24-,29-27-,35-33-. The molecule has 0 rings (SSSR count). The Morgan fingerprint density at radius 3 is 0.944 bits per heavy atom. The first kappa shape index (κ1) is 87.2. The van der Waals surface area contributed by atoms with E-state index in [2.05, 4.69) is 98.9 Å². The maximum Gasteiger partial charge on any atom is 0.306 e. The number of carbonyl (C=O) groups excluding carboxylic acids is 2. The number of hydrogen-bond acceptors (Lipinski definition) is 8. The maximum absolute atomic E-state index is 12.9. The Balaban J connectivity index is 3.96. The van der Waals surface area contributed by atoms with Gasteiger partial charge in [0.25, 0.3) is 7.82 Å². The second-order valence-electron chi connectivity index (χ2n) is 27.0. The lowest BCUT2D eigenvalue weighted by molar-refractivity contribution is -0.870. The molecule has 0 fully saturated rings. The molecule has 0 N–H and O–H groups in total. The zero-order valence-corrected chi connectivity index (χ0v) is 60.7. The minimum absolute atomic E-state index is 0.0311. The van der Waals surface area contributed by atoms with Crippen molar-refractivity contribution in [1.29, 1.82) is 0 Å². The van der Waals surface area contributed by atoms with Crippen LogP contribution in [0.2, 0.25) is 0 Å². The van der Waals surface area contributed by atoms with E-state index in [4.69, 9.17) is 18.5 Å². The molecule has 90 heavy (non-hydrogen) atoms. The van der Waals surface area contributed by atoms with Gasteiger partial charge in [-0.1, -0.05) is 343 Å². The first-order valence-corrected chi connectivity index (χ1v) is 39.8. The van der Waals surface area contributed by atoms with Gasteiger partial charge in [-0.25, -0.2) is 0 Å². The third-order valence-corrected chi connectivity index (χ3v) is 17.9. The van der Waals surface area contributed by atoms with Crippen molar-refractivity contribution in [2.24, 2.45) is 0 Å². The van der Waals surface area contributed by atoms with E-state index in [1.54, 1.807) is 0 Å². The summed E-state index contributed by atoms with van der Waals surface area (Å²) < 4.78 is 34.4. The Morgan fingerprint density at radius 2 is 0.633 bits per heavy atom. The van der Waals surface area contributed by atoms with Crippen molar-refractivity contribution in [2.75, 3.05) is 47.5 Å². The van der Waals surface area contributed by atoms with E-state index >= 15 is 0 Å². The zero-order chi connectivity index (χ0) is 65.5. The third-order valence-electron chi connectivity index (χ3n) is 16.9. The predicted octanol–water partition coefficient (Wildman–Crippen LogP) is 24.6. The second-order valence-corrected chi connectivity index (χ2v) is 28.4. The van der Waals surface area contributed by atoms with Gasteiger partial charge in [-0.05, 0) is 89.9 Å². The van der Waals surface area contributed by atoms with Crippen LogP contribution in [0.1, 0.15) is 361 Å². The Kier molecular flexibility index (Phi) is 68.3. The molecule has 10 heteroatoms. The monoisotopic (exact) mass is 1280 g/mol.